The van der Waals surface area contributed by atoms with Crippen LogP contribution in [0.3, 0.4) is 0 Å². The molecule has 17 heavy (non-hydrogen) atoms. The minimum Gasteiger partial charge on any atom is -0.480 e. The summed E-state index contributed by atoms with van der Waals surface area (Å²) in [6.07, 6.45) is -5.87. The van der Waals surface area contributed by atoms with Crippen LogP contribution < -0.4 is 0 Å². The number of rotatable bonds is 3. The number of hydrogen-bond donors (Lipinski definition) is 1. The Bertz CT molecular complexity index is 353. The summed E-state index contributed by atoms with van der Waals surface area (Å²) >= 11 is 0. The standard InChI is InChI=1S/C9H9F4NO3/c10-5-3-6(8(16)17)14(4-5)2-1-7(15)9(11,12)13/h1-2,5-6H,3-4H2,(H,16,17)/b2-1+/t5-,6-/m0/s1. The molecule has 0 unspecified atom stereocenters. The first kappa shape index (κ1) is 13.5. The van der Waals surface area contributed by atoms with Crippen LogP contribution in [0.2, 0.25) is 0 Å². The molecule has 0 aromatic rings. The van der Waals surface area contributed by atoms with Gasteiger partial charge in [0.2, 0.25) is 0 Å². The second kappa shape index (κ2) is 4.72. The molecule has 1 aliphatic heterocycles. The van der Waals surface area contributed by atoms with E-state index in [2.05, 4.69) is 0 Å². The average Bonchev–Trinajstić information content (AvgIpc) is 2.54. The molecule has 0 aliphatic carbocycles. The average molecular weight is 255 g/mol. The maximum absolute atomic E-state index is 12.9. The maximum Gasteiger partial charge on any atom is 0.454 e. The van der Waals surface area contributed by atoms with E-state index in [1.807, 2.05) is 0 Å². The zero-order chi connectivity index (χ0) is 13.2. The van der Waals surface area contributed by atoms with Gasteiger partial charge in [0.15, 0.2) is 0 Å². The minimum atomic E-state index is -5.01. The molecular formula is C9H9F4NO3. The monoisotopic (exact) mass is 255 g/mol. The molecule has 1 heterocycles. The van der Waals surface area contributed by atoms with Crippen molar-refractivity contribution in [2.75, 3.05) is 6.54 Å². The van der Waals surface area contributed by atoms with Crippen molar-refractivity contribution in [1.82, 2.24) is 4.90 Å². The fourth-order valence-corrected chi connectivity index (χ4v) is 1.47. The number of halogens is 4. The summed E-state index contributed by atoms with van der Waals surface area (Å²) in [5.41, 5.74) is 0. The fourth-order valence-electron chi connectivity index (χ4n) is 1.47. The molecule has 1 fully saturated rings. The van der Waals surface area contributed by atoms with Gasteiger partial charge in [-0.25, -0.2) is 9.18 Å². The van der Waals surface area contributed by atoms with Crippen molar-refractivity contribution in [2.24, 2.45) is 0 Å². The number of carbonyl (C=O) groups is 2. The number of carboxylic acid groups (broad SMARTS) is 1. The van der Waals surface area contributed by atoms with Gasteiger partial charge in [-0.3, -0.25) is 4.79 Å². The quantitative estimate of drug-likeness (QED) is 0.606. The van der Waals surface area contributed by atoms with E-state index in [0.717, 1.165) is 4.90 Å². The summed E-state index contributed by atoms with van der Waals surface area (Å²) in [6.45, 7) is -0.335. The molecule has 4 nitrogen and oxygen atoms in total. The third-order valence-corrected chi connectivity index (χ3v) is 2.27. The van der Waals surface area contributed by atoms with Crippen LogP contribution in [0.5, 0.6) is 0 Å². The molecule has 1 rings (SSSR count). The third-order valence-electron chi connectivity index (χ3n) is 2.27. The van der Waals surface area contributed by atoms with Gasteiger partial charge in [-0.2, -0.15) is 13.2 Å². The van der Waals surface area contributed by atoms with E-state index in [1.165, 1.54) is 0 Å². The van der Waals surface area contributed by atoms with E-state index in [9.17, 15) is 27.2 Å². The van der Waals surface area contributed by atoms with Crippen molar-refractivity contribution < 1.29 is 32.3 Å². The van der Waals surface area contributed by atoms with Crippen molar-refractivity contribution in [2.45, 2.75) is 24.8 Å². The summed E-state index contributed by atoms with van der Waals surface area (Å²) in [5.74, 6) is -3.45. The van der Waals surface area contributed by atoms with E-state index in [4.69, 9.17) is 5.11 Å². The van der Waals surface area contributed by atoms with Gasteiger partial charge >= 0.3 is 12.1 Å². The first-order valence-corrected chi connectivity index (χ1v) is 4.64. The Morgan fingerprint density at radius 1 is 1.35 bits per heavy atom. The van der Waals surface area contributed by atoms with Gasteiger partial charge in [0.25, 0.3) is 5.78 Å². The summed E-state index contributed by atoms with van der Waals surface area (Å²) in [5, 5.41) is 8.68. The molecule has 1 aliphatic rings. The molecule has 0 aromatic heterocycles. The second-order valence-electron chi connectivity index (χ2n) is 3.56. The highest BCUT2D eigenvalue weighted by Crippen LogP contribution is 2.22. The van der Waals surface area contributed by atoms with Gasteiger partial charge in [0.05, 0.1) is 0 Å². The Morgan fingerprint density at radius 3 is 2.41 bits per heavy atom. The number of likely N-dealkylation sites (tertiary alicyclic amines) is 1. The van der Waals surface area contributed by atoms with Crippen molar-refractivity contribution in [3.05, 3.63) is 12.3 Å². The zero-order valence-electron chi connectivity index (χ0n) is 8.45. The molecule has 0 spiro atoms. The Labute approximate surface area is 93.5 Å². The topological polar surface area (TPSA) is 57.6 Å². The van der Waals surface area contributed by atoms with Gasteiger partial charge in [0.1, 0.15) is 12.2 Å². The van der Waals surface area contributed by atoms with Crippen LogP contribution in [0.1, 0.15) is 6.42 Å². The highest BCUT2D eigenvalue weighted by atomic mass is 19.4. The van der Waals surface area contributed by atoms with Crippen LogP contribution in [-0.4, -0.2) is 46.7 Å². The number of ketones is 1. The Balaban J connectivity index is 2.71. The molecule has 2 atom stereocenters. The number of carbonyl (C=O) groups excluding carboxylic acids is 1. The van der Waals surface area contributed by atoms with Gasteiger partial charge in [-0.05, 0) is 0 Å². The molecule has 1 saturated heterocycles. The fraction of sp³-hybridized carbons (Fsp3) is 0.556. The molecule has 0 radical (unpaired) electrons. The predicted octanol–water partition coefficient (Wildman–Crippen LogP) is 1.13. The first-order valence-electron chi connectivity index (χ1n) is 4.64. The molecule has 0 bridgehead atoms. The lowest BCUT2D eigenvalue weighted by atomic mass is 10.2. The summed E-state index contributed by atoms with van der Waals surface area (Å²) < 4.78 is 48.4. The van der Waals surface area contributed by atoms with Crippen molar-refractivity contribution >= 4 is 11.8 Å². The number of carboxylic acids is 1. The Hall–Kier alpha value is -1.60. The van der Waals surface area contributed by atoms with Gasteiger partial charge < -0.3 is 10.0 Å². The molecule has 8 heteroatoms. The van der Waals surface area contributed by atoms with Crippen LogP contribution in [0, 0.1) is 0 Å². The first-order chi connectivity index (χ1) is 7.71. The van der Waals surface area contributed by atoms with Crippen molar-refractivity contribution in [3.8, 4) is 0 Å². The highest BCUT2D eigenvalue weighted by molar-refractivity contribution is 5.94. The van der Waals surface area contributed by atoms with Crippen LogP contribution >= 0.6 is 0 Å². The smallest absolute Gasteiger partial charge is 0.454 e. The lowest BCUT2D eigenvalue weighted by Crippen LogP contribution is -2.32. The number of nitrogens with zero attached hydrogens (tertiary/aromatic N) is 1. The molecule has 0 amide bonds. The van der Waals surface area contributed by atoms with E-state index < -0.39 is 30.1 Å². The Kier molecular flexibility index (Phi) is 3.74. The lowest BCUT2D eigenvalue weighted by molar-refractivity contribution is -0.165. The van der Waals surface area contributed by atoms with Crippen LogP contribution in [-0.2, 0) is 9.59 Å². The lowest BCUT2D eigenvalue weighted by Gasteiger charge is -2.17. The van der Waals surface area contributed by atoms with Crippen molar-refractivity contribution in [3.63, 3.8) is 0 Å². The molecule has 0 saturated carbocycles. The molecular weight excluding hydrogens is 246 g/mol. The predicted molar refractivity (Wildman–Crippen MR) is 47.8 cm³/mol. The minimum absolute atomic E-state index is 0.202. The van der Waals surface area contributed by atoms with E-state index in [-0.39, 0.29) is 19.0 Å². The molecule has 96 valence electrons. The summed E-state index contributed by atoms with van der Waals surface area (Å²) in [6, 6.07) is -1.23. The number of alkyl halides is 4. The van der Waals surface area contributed by atoms with E-state index >= 15 is 0 Å². The molecule has 1 N–H and O–H groups in total. The van der Waals surface area contributed by atoms with Crippen LogP contribution in [0.4, 0.5) is 17.6 Å². The van der Waals surface area contributed by atoms with Crippen LogP contribution in [0.15, 0.2) is 12.3 Å². The van der Waals surface area contributed by atoms with E-state index in [1.54, 1.807) is 0 Å². The van der Waals surface area contributed by atoms with Gasteiger partial charge in [0, 0.05) is 25.2 Å². The SMILES string of the molecule is O=C(O)[C@@H]1C[C@H](F)CN1/C=C/C(=O)C(F)(F)F. The number of hydrogen-bond acceptors (Lipinski definition) is 3. The maximum atomic E-state index is 12.9. The van der Waals surface area contributed by atoms with Crippen molar-refractivity contribution in [1.29, 1.82) is 0 Å². The Morgan fingerprint density at radius 2 is 1.94 bits per heavy atom. The highest BCUT2D eigenvalue weighted by Gasteiger charge is 2.38. The summed E-state index contributed by atoms with van der Waals surface area (Å²) in [4.78, 5) is 22.0. The van der Waals surface area contributed by atoms with E-state index in [0.29, 0.717) is 6.20 Å². The number of allylic oxidation sites excluding steroid dienone is 1. The van der Waals surface area contributed by atoms with Gasteiger partial charge in [-0.1, -0.05) is 0 Å². The number of aliphatic carboxylic acids is 1. The summed E-state index contributed by atoms with van der Waals surface area (Å²) in [7, 11) is 0. The van der Waals surface area contributed by atoms with Gasteiger partial charge in [-0.15, -0.1) is 0 Å². The molecule has 0 aromatic carbocycles. The largest absolute Gasteiger partial charge is 0.480 e. The third kappa shape index (κ3) is 3.43. The van der Waals surface area contributed by atoms with Crippen LogP contribution in [0.25, 0.3) is 0 Å². The zero-order valence-corrected chi connectivity index (χ0v) is 8.45. The second-order valence-corrected chi connectivity index (χ2v) is 3.56. The normalized spacial score (nSPS) is 25.5.